The SMILES string of the molecule is COC.OCC1CO1. The summed E-state index contributed by atoms with van der Waals surface area (Å²) in [6.45, 7) is 0.955. The van der Waals surface area contributed by atoms with Crippen molar-refractivity contribution in [2.75, 3.05) is 27.4 Å². The van der Waals surface area contributed by atoms with Crippen molar-refractivity contribution in [3.63, 3.8) is 0 Å². The van der Waals surface area contributed by atoms with Crippen LogP contribution in [0.2, 0.25) is 0 Å². The second kappa shape index (κ2) is 5.03. The Hall–Kier alpha value is -0.120. The summed E-state index contributed by atoms with van der Waals surface area (Å²) < 4.78 is 8.86. The molecule has 8 heavy (non-hydrogen) atoms. The highest BCUT2D eigenvalue weighted by Crippen LogP contribution is 2.04. The van der Waals surface area contributed by atoms with E-state index in [2.05, 4.69) is 9.47 Å². The molecule has 1 saturated heterocycles. The van der Waals surface area contributed by atoms with Crippen molar-refractivity contribution in [2.24, 2.45) is 0 Å². The van der Waals surface area contributed by atoms with Gasteiger partial charge in [0.05, 0.1) is 13.2 Å². The first kappa shape index (κ1) is 7.88. The van der Waals surface area contributed by atoms with Crippen LogP contribution in [0.5, 0.6) is 0 Å². The molecule has 0 spiro atoms. The number of ether oxygens (including phenoxy) is 2. The zero-order valence-electron chi connectivity index (χ0n) is 5.26. The fourth-order valence-corrected chi connectivity index (χ4v) is 0.173. The Bertz CT molecular complexity index is 42.9. The minimum absolute atomic E-state index is 0.190. The van der Waals surface area contributed by atoms with E-state index in [1.54, 1.807) is 14.2 Å². The Morgan fingerprint density at radius 1 is 1.75 bits per heavy atom. The molecule has 1 aliphatic rings. The van der Waals surface area contributed by atoms with Crippen LogP contribution in [0.4, 0.5) is 0 Å². The van der Waals surface area contributed by atoms with Crippen molar-refractivity contribution < 1.29 is 14.6 Å². The maximum absolute atomic E-state index is 8.08. The Morgan fingerprint density at radius 3 is 2.12 bits per heavy atom. The highest BCUT2D eigenvalue weighted by Gasteiger charge is 2.19. The number of methoxy groups -OCH3 is 1. The fraction of sp³-hybridized carbons (Fsp3) is 1.00. The molecule has 0 aromatic heterocycles. The van der Waals surface area contributed by atoms with Crippen LogP contribution in [0.25, 0.3) is 0 Å². The third-order valence-electron chi connectivity index (χ3n) is 0.606. The van der Waals surface area contributed by atoms with Gasteiger partial charge in [-0.25, -0.2) is 0 Å². The van der Waals surface area contributed by atoms with Crippen molar-refractivity contribution in [3.05, 3.63) is 0 Å². The summed E-state index contributed by atoms with van der Waals surface area (Å²) in [6.07, 6.45) is 0.190. The number of rotatable bonds is 1. The quantitative estimate of drug-likeness (QED) is 0.480. The van der Waals surface area contributed by atoms with Gasteiger partial charge in [-0.3, -0.25) is 0 Å². The maximum atomic E-state index is 8.08. The predicted molar refractivity (Wildman–Crippen MR) is 29.8 cm³/mol. The lowest BCUT2D eigenvalue weighted by Crippen LogP contribution is -1.88. The first-order valence-electron chi connectivity index (χ1n) is 2.47. The van der Waals surface area contributed by atoms with Gasteiger partial charge in [0.1, 0.15) is 6.10 Å². The number of hydrogen-bond acceptors (Lipinski definition) is 3. The van der Waals surface area contributed by atoms with Gasteiger partial charge in [0.25, 0.3) is 0 Å². The van der Waals surface area contributed by atoms with Gasteiger partial charge >= 0.3 is 0 Å². The van der Waals surface area contributed by atoms with Gasteiger partial charge in [-0.15, -0.1) is 0 Å². The Morgan fingerprint density at radius 2 is 2.12 bits per heavy atom. The highest BCUT2D eigenvalue weighted by atomic mass is 16.6. The number of hydrogen-bond donors (Lipinski definition) is 1. The summed E-state index contributed by atoms with van der Waals surface area (Å²) in [7, 11) is 3.25. The van der Waals surface area contributed by atoms with Crippen molar-refractivity contribution >= 4 is 0 Å². The molecule has 0 amide bonds. The van der Waals surface area contributed by atoms with Gasteiger partial charge < -0.3 is 14.6 Å². The van der Waals surface area contributed by atoms with Crippen LogP contribution in [0.1, 0.15) is 0 Å². The van der Waals surface area contributed by atoms with Crippen LogP contribution in [-0.2, 0) is 9.47 Å². The van der Waals surface area contributed by atoms with E-state index in [-0.39, 0.29) is 12.7 Å². The van der Waals surface area contributed by atoms with Crippen LogP contribution in [-0.4, -0.2) is 38.6 Å². The zero-order valence-corrected chi connectivity index (χ0v) is 5.26. The molecule has 3 nitrogen and oxygen atoms in total. The summed E-state index contributed by atoms with van der Waals surface area (Å²) in [6, 6.07) is 0. The van der Waals surface area contributed by atoms with Crippen LogP contribution < -0.4 is 0 Å². The van der Waals surface area contributed by atoms with Crippen molar-refractivity contribution in [3.8, 4) is 0 Å². The lowest BCUT2D eigenvalue weighted by atomic mass is 10.5. The van der Waals surface area contributed by atoms with E-state index in [0.717, 1.165) is 6.61 Å². The molecule has 0 aliphatic carbocycles. The van der Waals surface area contributed by atoms with E-state index >= 15 is 0 Å². The molecule has 0 bridgehead atoms. The minimum Gasteiger partial charge on any atom is -0.394 e. The molecular formula is C5H12O3. The van der Waals surface area contributed by atoms with Crippen LogP contribution in [0.3, 0.4) is 0 Å². The maximum Gasteiger partial charge on any atom is 0.104 e. The zero-order chi connectivity index (χ0) is 6.41. The molecule has 50 valence electrons. The molecule has 3 heteroatoms. The summed E-state index contributed by atoms with van der Waals surface area (Å²) >= 11 is 0. The van der Waals surface area contributed by atoms with E-state index in [4.69, 9.17) is 5.11 Å². The summed E-state index contributed by atoms with van der Waals surface area (Å²) in [5.41, 5.74) is 0. The normalized spacial score (nSPS) is 23.6. The second-order valence-corrected chi connectivity index (χ2v) is 1.55. The molecule has 0 saturated carbocycles. The Labute approximate surface area is 49.2 Å². The van der Waals surface area contributed by atoms with Gasteiger partial charge in [0, 0.05) is 14.2 Å². The van der Waals surface area contributed by atoms with Crippen molar-refractivity contribution in [1.29, 1.82) is 0 Å². The lowest BCUT2D eigenvalue weighted by Gasteiger charge is -1.70. The minimum atomic E-state index is 0.190. The summed E-state index contributed by atoms with van der Waals surface area (Å²) in [5, 5.41) is 8.08. The van der Waals surface area contributed by atoms with Gasteiger partial charge in [-0.05, 0) is 0 Å². The third-order valence-corrected chi connectivity index (χ3v) is 0.606. The molecule has 1 aliphatic heterocycles. The third kappa shape index (κ3) is 5.88. The van der Waals surface area contributed by atoms with Crippen molar-refractivity contribution in [1.82, 2.24) is 0 Å². The molecule has 1 rings (SSSR count). The molecule has 1 atom stereocenters. The summed E-state index contributed by atoms with van der Waals surface area (Å²) in [4.78, 5) is 0. The Balaban J connectivity index is 0.000000145. The summed E-state index contributed by atoms with van der Waals surface area (Å²) in [5.74, 6) is 0. The van der Waals surface area contributed by atoms with E-state index < -0.39 is 0 Å². The molecule has 0 aromatic rings. The molecule has 1 unspecified atom stereocenters. The number of aliphatic hydroxyl groups is 1. The lowest BCUT2D eigenvalue weighted by molar-refractivity contribution is 0.244. The molecule has 1 fully saturated rings. The Kier molecular flexibility index (Phi) is 4.95. The van der Waals surface area contributed by atoms with E-state index in [0.29, 0.717) is 0 Å². The van der Waals surface area contributed by atoms with Gasteiger partial charge in [-0.1, -0.05) is 0 Å². The fourth-order valence-electron chi connectivity index (χ4n) is 0.173. The van der Waals surface area contributed by atoms with Crippen LogP contribution in [0.15, 0.2) is 0 Å². The first-order valence-corrected chi connectivity index (χ1v) is 2.47. The molecule has 1 heterocycles. The van der Waals surface area contributed by atoms with Crippen LogP contribution >= 0.6 is 0 Å². The monoisotopic (exact) mass is 120 g/mol. The van der Waals surface area contributed by atoms with E-state index in [1.807, 2.05) is 0 Å². The average Bonchev–Trinajstić information content (AvgIpc) is 2.48. The standard InChI is InChI=1S/C3H6O2.C2H6O/c4-1-3-2-5-3;1-3-2/h3-4H,1-2H2;1-2H3. The average molecular weight is 120 g/mol. The van der Waals surface area contributed by atoms with Crippen molar-refractivity contribution in [2.45, 2.75) is 6.10 Å². The number of epoxide rings is 1. The molecule has 0 aromatic carbocycles. The van der Waals surface area contributed by atoms with Gasteiger partial charge in [0.2, 0.25) is 0 Å². The second-order valence-electron chi connectivity index (χ2n) is 1.55. The molecule has 1 N–H and O–H groups in total. The first-order chi connectivity index (χ1) is 3.85. The smallest absolute Gasteiger partial charge is 0.104 e. The highest BCUT2D eigenvalue weighted by molar-refractivity contribution is 4.65. The van der Waals surface area contributed by atoms with E-state index in [9.17, 15) is 0 Å². The molecule has 0 radical (unpaired) electrons. The molecular weight excluding hydrogens is 108 g/mol. The van der Waals surface area contributed by atoms with Gasteiger partial charge in [-0.2, -0.15) is 0 Å². The topological polar surface area (TPSA) is 42.0 Å². The predicted octanol–water partition coefficient (Wildman–Crippen LogP) is -0.360. The van der Waals surface area contributed by atoms with Crippen LogP contribution in [0, 0.1) is 0 Å². The van der Waals surface area contributed by atoms with E-state index in [1.165, 1.54) is 0 Å². The van der Waals surface area contributed by atoms with Gasteiger partial charge in [0.15, 0.2) is 0 Å². The largest absolute Gasteiger partial charge is 0.394 e. The number of aliphatic hydroxyl groups excluding tert-OH is 1.